The Labute approximate surface area is 55.9 Å². The molecule has 1 atom stereocenters. The van der Waals surface area contributed by atoms with Gasteiger partial charge in [0.2, 0.25) is 0 Å². The van der Waals surface area contributed by atoms with Gasteiger partial charge in [-0.15, -0.1) is 0 Å². The fourth-order valence-electron chi connectivity index (χ4n) is 1.15. The second-order valence-corrected chi connectivity index (χ2v) is 2.95. The Bertz CT molecular complexity index is 128. The van der Waals surface area contributed by atoms with Crippen LogP contribution in [0.15, 0.2) is 0 Å². The van der Waals surface area contributed by atoms with Gasteiger partial charge in [0.1, 0.15) is 0 Å². The van der Waals surface area contributed by atoms with Crippen molar-refractivity contribution in [1.29, 1.82) is 5.26 Å². The summed E-state index contributed by atoms with van der Waals surface area (Å²) in [6, 6.07) is 2.32. The van der Waals surface area contributed by atoms with Gasteiger partial charge < -0.3 is 5.32 Å². The van der Waals surface area contributed by atoms with E-state index in [9.17, 15) is 0 Å². The number of nitrogens with one attached hydrogen (secondary N) is 1. The fourth-order valence-corrected chi connectivity index (χ4v) is 1.15. The Kier molecular flexibility index (Phi) is 1.73. The molecular weight excluding hydrogens is 112 g/mol. The van der Waals surface area contributed by atoms with Crippen molar-refractivity contribution >= 4 is 0 Å². The number of hydrogen-bond donors (Lipinski definition) is 1. The molecule has 2 heteroatoms. The van der Waals surface area contributed by atoms with Crippen LogP contribution in [0.5, 0.6) is 0 Å². The Morgan fingerprint density at radius 2 is 2.44 bits per heavy atom. The van der Waals surface area contributed by atoms with Gasteiger partial charge in [0.05, 0.1) is 11.5 Å². The Morgan fingerprint density at radius 3 is 2.78 bits per heavy atom. The molecule has 0 aromatic carbocycles. The molecule has 1 N–H and O–H groups in total. The summed E-state index contributed by atoms with van der Waals surface area (Å²) in [5.74, 6) is 0. The topological polar surface area (TPSA) is 35.8 Å². The first-order valence-corrected chi connectivity index (χ1v) is 3.39. The average molecular weight is 124 g/mol. The first kappa shape index (κ1) is 6.57. The van der Waals surface area contributed by atoms with Crippen molar-refractivity contribution in [2.45, 2.75) is 19.8 Å². The molecule has 0 radical (unpaired) electrons. The molecule has 1 aliphatic rings. The van der Waals surface area contributed by atoms with Crippen LogP contribution in [0.4, 0.5) is 0 Å². The highest BCUT2D eigenvalue weighted by atomic mass is 14.9. The van der Waals surface area contributed by atoms with Crippen molar-refractivity contribution in [3.8, 4) is 6.07 Å². The van der Waals surface area contributed by atoms with E-state index in [2.05, 4.69) is 11.4 Å². The van der Waals surface area contributed by atoms with Gasteiger partial charge in [0, 0.05) is 6.54 Å². The zero-order valence-corrected chi connectivity index (χ0v) is 5.78. The SMILES string of the molecule is C[C@]1(C#N)CCCNC1. The number of hydrogen-bond acceptors (Lipinski definition) is 2. The van der Waals surface area contributed by atoms with Crippen molar-refractivity contribution in [1.82, 2.24) is 5.32 Å². The van der Waals surface area contributed by atoms with Gasteiger partial charge >= 0.3 is 0 Å². The minimum atomic E-state index is -0.0851. The highest BCUT2D eigenvalue weighted by Crippen LogP contribution is 2.23. The first-order chi connectivity index (χ1) is 4.27. The van der Waals surface area contributed by atoms with E-state index in [1.165, 1.54) is 0 Å². The van der Waals surface area contributed by atoms with Crippen molar-refractivity contribution in [3.63, 3.8) is 0 Å². The molecule has 0 aliphatic carbocycles. The lowest BCUT2D eigenvalue weighted by molar-refractivity contribution is 0.317. The summed E-state index contributed by atoms with van der Waals surface area (Å²) in [6.45, 7) is 3.96. The molecule has 0 unspecified atom stereocenters. The van der Waals surface area contributed by atoms with Gasteiger partial charge in [0.25, 0.3) is 0 Å². The molecule has 2 nitrogen and oxygen atoms in total. The van der Waals surface area contributed by atoms with Crippen LogP contribution in [-0.4, -0.2) is 13.1 Å². The van der Waals surface area contributed by atoms with E-state index in [0.29, 0.717) is 0 Å². The van der Waals surface area contributed by atoms with Crippen molar-refractivity contribution < 1.29 is 0 Å². The van der Waals surface area contributed by atoms with Gasteiger partial charge in [-0.1, -0.05) is 0 Å². The largest absolute Gasteiger partial charge is 0.315 e. The van der Waals surface area contributed by atoms with Crippen LogP contribution in [-0.2, 0) is 0 Å². The van der Waals surface area contributed by atoms with E-state index in [-0.39, 0.29) is 5.41 Å². The highest BCUT2D eigenvalue weighted by Gasteiger charge is 2.25. The third-order valence-corrected chi connectivity index (χ3v) is 1.87. The number of nitriles is 1. The third kappa shape index (κ3) is 1.43. The molecular formula is C7H12N2. The van der Waals surface area contributed by atoms with Crippen LogP contribution >= 0.6 is 0 Å². The van der Waals surface area contributed by atoms with Crippen LogP contribution < -0.4 is 5.32 Å². The molecule has 1 heterocycles. The summed E-state index contributed by atoms with van der Waals surface area (Å²) in [4.78, 5) is 0. The molecule has 0 bridgehead atoms. The van der Waals surface area contributed by atoms with Crippen LogP contribution in [0.1, 0.15) is 19.8 Å². The molecule has 0 aromatic heterocycles. The Morgan fingerprint density at radius 1 is 1.67 bits per heavy atom. The minimum absolute atomic E-state index is 0.0851. The van der Waals surface area contributed by atoms with Crippen LogP contribution in [0.25, 0.3) is 0 Å². The molecule has 1 rings (SSSR count). The van der Waals surface area contributed by atoms with E-state index >= 15 is 0 Å². The van der Waals surface area contributed by atoms with Crippen molar-refractivity contribution in [2.24, 2.45) is 5.41 Å². The number of nitrogens with zero attached hydrogens (tertiary/aromatic N) is 1. The standard InChI is InChI=1S/C7H12N2/c1-7(5-8)3-2-4-9-6-7/h9H,2-4,6H2,1H3/t7-/m1/s1. The summed E-state index contributed by atoms with van der Waals surface area (Å²) in [5.41, 5.74) is -0.0851. The van der Waals surface area contributed by atoms with E-state index in [0.717, 1.165) is 25.9 Å². The van der Waals surface area contributed by atoms with E-state index < -0.39 is 0 Å². The second-order valence-electron chi connectivity index (χ2n) is 2.95. The molecule has 0 amide bonds. The van der Waals surface area contributed by atoms with Gasteiger partial charge in [-0.2, -0.15) is 5.26 Å². The fraction of sp³-hybridized carbons (Fsp3) is 0.857. The summed E-state index contributed by atoms with van der Waals surface area (Å²) in [7, 11) is 0. The molecule has 1 aliphatic heterocycles. The maximum Gasteiger partial charge on any atom is 0.0700 e. The molecule has 1 fully saturated rings. The molecule has 0 saturated carbocycles. The smallest absolute Gasteiger partial charge is 0.0700 e. The van der Waals surface area contributed by atoms with Gasteiger partial charge in [-0.05, 0) is 26.3 Å². The Hall–Kier alpha value is -0.550. The monoisotopic (exact) mass is 124 g/mol. The summed E-state index contributed by atoms with van der Waals surface area (Å²) >= 11 is 0. The lowest BCUT2D eigenvalue weighted by atomic mass is 9.85. The van der Waals surface area contributed by atoms with Crippen molar-refractivity contribution in [2.75, 3.05) is 13.1 Å². The second kappa shape index (κ2) is 2.36. The van der Waals surface area contributed by atoms with Gasteiger partial charge in [-0.25, -0.2) is 0 Å². The van der Waals surface area contributed by atoms with E-state index in [4.69, 9.17) is 5.26 Å². The zero-order valence-electron chi connectivity index (χ0n) is 5.78. The number of piperidine rings is 1. The predicted molar refractivity (Wildman–Crippen MR) is 35.8 cm³/mol. The third-order valence-electron chi connectivity index (χ3n) is 1.87. The van der Waals surface area contributed by atoms with Crippen molar-refractivity contribution in [3.05, 3.63) is 0 Å². The van der Waals surface area contributed by atoms with Crippen LogP contribution in [0.3, 0.4) is 0 Å². The van der Waals surface area contributed by atoms with Gasteiger partial charge in [0.15, 0.2) is 0 Å². The van der Waals surface area contributed by atoms with E-state index in [1.54, 1.807) is 0 Å². The lowest BCUT2D eigenvalue weighted by Crippen LogP contribution is -2.36. The zero-order chi connectivity index (χ0) is 6.74. The minimum Gasteiger partial charge on any atom is -0.315 e. The molecule has 9 heavy (non-hydrogen) atoms. The maximum atomic E-state index is 8.66. The first-order valence-electron chi connectivity index (χ1n) is 3.39. The normalized spacial score (nSPS) is 35.6. The molecule has 1 saturated heterocycles. The molecule has 50 valence electrons. The highest BCUT2D eigenvalue weighted by molar-refractivity contribution is 4.98. The maximum absolute atomic E-state index is 8.66. The summed E-state index contributed by atoms with van der Waals surface area (Å²) in [6.07, 6.45) is 2.20. The van der Waals surface area contributed by atoms with Crippen LogP contribution in [0, 0.1) is 16.7 Å². The number of rotatable bonds is 0. The van der Waals surface area contributed by atoms with E-state index in [1.807, 2.05) is 6.92 Å². The lowest BCUT2D eigenvalue weighted by Gasteiger charge is -2.26. The summed E-state index contributed by atoms with van der Waals surface area (Å²) < 4.78 is 0. The quantitative estimate of drug-likeness (QED) is 0.520. The Balaban J connectivity index is 2.49. The average Bonchev–Trinajstić information content (AvgIpc) is 1.90. The van der Waals surface area contributed by atoms with Crippen LogP contribution in [0.2, 0.25) is 0 Å². The molecule has 0 spiro atoms. The predicted octanol–water partition coefficient (Wildman–Crippen LogP) is 0.900. The van der Waals surface area contributed by atoms with Gasteiger partial charge in [-0.3, -0.25) is 0 Å². The summed E-state index contributed by atoms with van der Waals surface area (Å²) in [5, 5.41) is 11.9. The molecule has 0 aromatic rings.